The van der Waals surface area contributed by atoms with Crippen LogP contribution in [0.5, 0.6) is 0 Å². The van der Waals surface area contributed by atoms with Gasteiger partial charge in [0.05, 0.1) is 0 Å². The van der Waals surface area contributed by atoms with Gasteiger partial charge in [-0.25, -0.2) is 4.79 Å². The number of carboxylic acid groups (broad SMARTS) is 1. The van der Waals surface area contributed by atoms with Gasteiger partial charge in [0.2, 0.25) is 0 Å². The first kappa shape index (κ1) is 15.8. The largest absolute Gasteiger partial charge is 0.481 e. The average Bonchev–Trinajstić information content (AvgIpc) is 2.66. The standard InChI is InChI=1S/C13H25N3O3/c17-12(18)6-3-1-2-4-8-15-13(19)16-10-5-7-14-9-11-16/h14H,1-11H2,(H,15,19)(H,17,18). The first-order chi connectivity index (χ1) is 9.20. The number of carbonyl (C=O) groups excluding carboxylic acids is 1. The first-order valence-electron chi connectivity index (χ1n) is 7.15. The van der Waals surface area contributed by atoms with Gasteiger partial charge in [0.15, 0.2) is 0 Å². The number of carboxylic acids is 1. The van der Waals surface area contributed by atoms with E-state index in [4.69, 9.17) is 5.11 Å². The summed E-state index contributed by atoms with van der Waals surface area (Å²) in [6, 6.07) is 0.0224. The third-order valence-corrected chi connectivity index (χ3v) is 3.22. The normalized spacial score (nSPS) is 15.9. The molecule has 2 amide bonds. The van der Waals surface area contributed by atoms with Crippen LogP contribution in [0, 0.1) is 0 Å². The average molecular weight is 271 g/mol. The fourth-order valence-electron chi connectivity index (χ4n) is 2.11. The van der Waals surface area contributed by atoms with E-state index in [0.717, 1.165) is 58.3 Å². The van der Waals surface area contributed by atoms with Crippen molar-refractivity contribution in [1.29, 1.82) is 0 Å². The van der Waals surface area contributed by atoms with Crippen LogP contribution in [0.25, 0.3) is 0 Å². The Labute approximate surface area is 114 Å². The van der Waals surface area contributed by atoms with Gasteiger partial charge < -0.3 is 20.6 Å². The topological polar surface area (TPSA) is 81.7 Å². The zero-order valence-electron chi connectivity index (χ0n) is 11.5. The molecule has 0 bridgehead atoms. The fourth-order valence-corrected chi connectivity index (χ4v) is 2.11. The summed E-state index contributed by atoms with van der Waals surface area (Å²) in [6.07, 6.45) is 4.76. The summed E-state index contributed by atoms with van der Waals surface area (Å²) >= 11 is 0. The molecule has 1 saturated heterocycles. The van der Waals surface area contributed by atoms with Crippen LogP contribution >= 0.6 is 0 Å². The Hall–Kier alpha value is -1.30. The summed E-state index contributed by atoms with van der Waals surface area (Å²) in [7, 11) is 0. The molecule has 0 saturated carbocycles. The number of aliphatic carboxylic acids is 1. The summed E-state index contributed by atoms with van der Waals surface area (Å²) in [4.78, 5) is 24.0. The molecule has 110 valence electrons. The summed E-state index contributed by atoms with van der Waals surface area (Å²) in [5.74, 6) is -0.733. The Bertz CT molecular complexity index is 276. The van der Waals surface area contributed by atoms with Crippen LogP contribution in [-0.4, -0.2) is 54.7 Å². The molecule has 1 fully saturated rings. The second kappa shape index (κ2) is 9.61. The molecule has 1 aliphatic heterocycles. The Morgan fingerprint density at radius 2 is 1.89 bits per heavy atom. The van der Waals surface area contributed by atoms with Crippen molar-refractivity contribution in [2.24, 2.45) is 0 Å². The summed E-state index contributed by atoms with van der Waals surface area (Å²) < 4.78 is 0. The minimum absolute atomic E-state index is 0.0224. The smallest absolute Gasteiger partial charge is 0.317 e. The maximum atomic E-state index is 11.8. The number of nitrogens with zero attached hydrogens (tertiary/aromatic N) is 1. The second-order valence-electron chi connectivity index (χ2n) is 4.88. The number of carbonyl (C=O) groups is 2. The highest BCUT2D eigenvalue weighted by molar-refractivity contribution is 5.74. The lowest BCUT2D eigenvalue weighted by Crippen LogP contribution is -2.42. The van der Waals surface area contributed by atoms with Gasteiger partial charge in [0.1, 0.15) is 0 Å². The van der Waals surface area contributed by atoms with Gasteiger partial charge in [0.25, 0.3) is 0 Å². The molecule has 0 aromatic heterocycles. The Morgan fingerprint density at radius 1 is 1.11 bits per heavy atom. The number of urea groups is 1. The highest BCUT2D eigenvalue weighted by Crippen LogP contribution is 2.02. The molecule has 19 heavy (non-hydrogen) atoms. The minimum Gasteiger partial charge on any atom is -0.481 e. The third-order valence-electron chi connectivity index (χ3n) is 3.22. The lowest BCUT2D eigenvalue weighted by molar-refractivity contribution is -0.137. The van der Waals surface area contributed by atoms with Crippen LogP contribution in [0.3, 0.4) is 0 Å². The van der Waals surface area contributed by atoms with Crippen molar-refractivity contribution in [3.8, 4) is 0 Å². The maximum Gasteiger partial charge on any atom is 0.317 e. The van der Waals surface area contributed by atoms with E-state index < -0.39 is 5.97 Å². The van der Waals surface area contributed by atoms with Crippen LogP contribution < -0.4 is 10.6 Å². The number of hydrogen-bond donors (Lipinski definition) is 3. The SMILES string of the molecule is O=C(O)CCCCCCNC(=O)N1CCCNCC1. The molecule has 1 rings (SSSR count). The zero-order valence-corrected chi connectivity index (χ0v) is 11.5. The highest BCUT2D eigenvalue weighted by atomic mass is 16.4. The molecule has 0 aromatic rings. The monoisotopic (exact) mass is 271 g/mol. The lowest BCUT2D eigenvalue weighted by atomic mass is 10.1. The molecule has 3 N–H and O–H groups in total. The number of rotatable bonds is 7. The van der Waals surface area contributed by atoms with Crippen molar-refractivity contribution in [2.75, 3.05) is 32.7 Å². The summed E-state index contributed by atoms with van der Waals surface area (Å²) in [5.41, 5.74) is 0. The van der Waals surface area contributed by atoms with Gasteiger partial charge in [-0.3, -0.25) is 4.79 Å². The van der Waals surface area contributed by atoms with Crippen molar-refractivity contribution in [3.63, 3.8) is 0 Å². The molecule has 1 aliphatic rings. The third kappa shape index (κ3) is 7.66. The number of amides is 2. The van der Waals surface area contributed by atoms with Gasteiger partial charge in [-0.05, 0) is 25.8 Å². The van der Waals surface area contributed by atoms with E-state index in [0.29, 0.717) is 6.54 Å². The van der Waals surface area contributed by atoms with Gasteiger partial charge in [-0.1, -0.05) is 12.8 Å². The quantitative estimate of drug-likeness (QED) is 0.604. The molecular formula is C13H25N3O3. The first-order valence-corrected chi connectivity index (χ1v) is 7.15. The predicted octanol–water partition coefficient (Wildman–Crippen LogP) is 1.03. The van der Waals surface area contributed by atoms with E-state index in [1.165, 1.54) is 0 Å². The van der Waals surface area contributed by atoms with Crippen molar-refractivity contribution >= 4 is 12.0 Å². The van der Waals surface area contributed by atoms with Crippen molar-refractivity contribution < 1.29 is 14.7 Å². The zero-order chi connectivity index (χ0) is 13.9. The number of unbranched alkanes of at least 4 members (excludes halogenated alkanes) is 3. The van der Waals surface area contributed by atoms with Crippen LogP contribution in [0.15, 0.2) is 0 Å². The highest BCUT2D eigenvalue weighted by Gasteiger charge is 2.13. The Balaban J connectivity index is 1.99. The predicted molar refractivity (Wildman–Crippen MR) is 73.2 cm³/mol. The van der Waals surface area contributed by atoms with Gasteiger partial charge >= 0.3 is 12.0 Å². The van der Waals surface area contributed by atoms with Crippen LogP contribution in [0.2, 0.25) is 0 Å². The van der Waals surface area contributed by atoms with Crippen LogP contribution in [0.1, 0.15) is 38.5 Å². The Kier molecular flexibility index (Phi) is 7.97. The van der Waals surface area contributed by atoms with E-state index in [-0.39, 0.29) is 12.5 Å². The van der Waals surface area contributed by atoms with Gasteiger partial charge in [-0.2, -0.15) is 0 Å². The van der Waals surface area contributed by atoms with Crippen molar-refractivity contribution in [3.05, 3.63) is 0 Å². The van der Waals surface area contributed by atoms with E-state index in [9.17, 15) is 9.59 Å². The van der Waals surface area contributed by atoms with E-state index in [2.05, 4.69) is 10.6 Å². The molecular weight excluding hydrogens is 246 g/mol. The molecule has 0 unspecified atom stereocenters. The van der Waals surface area contributed by atoms with Crippen LogP contribution in [0.4, 0.5) is 4.79 Å². The minimum atomic E-state index is -0.733. The van der Waals surface area contributed by atoms with Gasteiger partial charge in [0, 0.05) is 32.6 Å². The maximum absolute atomic E-state index is 11.8. The second-order valence-corrected chi connectivity index (χ2v) is 4.88. The lowest BCUT2D eigenvalue weighted by Gasteiger charge is -2.20. The molecule has 0 radical (unpaired) electrons. The van der Waals surface area contributed by atoms with E-state index in [1.807, 2.05) is 4.90 Å². The number of hydrogen-bond acceptors (Lipinski definition) is 3. The van der Waals surface area contributed by atoms with Crippen LogP contribution in [-0.2, 0) is 4.79 Å². The number of nitrogens with one attached hydrogen (secondary N) is 2. The summed E-state index contributed by atoms with van der Waals surface area (Å²) in [5, 5.41) is 14.7. The molecule has 0 atom stereocenters. The van der Waals surface area contributed by atoms with Crippen molar-refractivity contribution in [2.45, 2.75) is 38.5 Å². The Morgan fingerprint density at radius 3 is 2.68 bits per heavy atom. The molecule has 0 aromatic carbocycles. The molecule has 0 spiro atoms. The summed E-state index contributed by atoms with van der Waals surface area (Å²) in [6.45, 7) is 4.10. The molecule has 6 nitrogen and oxygen atoms in total. The van der Waals surface area contributed by atoms with E-state index in [1.54, 1.807) is 0 Å². The molecule has 1 heterocycles. The molecule has 6 heteroatoms. The van der Waals surface area contributed by atoms with Gasteiger partial charge in [-0.15, -0.1) is 0 Å². The van der Waals surface area contributed by atoms with Crippen molar-refractivity contribution in [1.82, 2.24) is 15.5 Å². The van der Waals surface area contributed by atoms with E-state index >= 15 is 0 Å². The molecule has 0 aliphatic carbocycles. The fraction of sp³-hybridized carbons (Fsp3) is 0.846.